The zero-order valence-corrected chi connectivity index (χ0v) is 15.9. The minimum Gasteiger partial charge on any atom is -0.353 e. The molecule has 2 N–H and O–H groups in total. The van der Waals surface area contributed by atoms with Gasteiger partial charge in [-0.15, -0.1) is 0 Å². The molecule has 1 aliphatic carbocycles. The van der Waals surface area contributed by atoms with Gasteiger partial charge in [0.25, 0.3) is 5.91 Å². The Morgan fingerprint density at radius 3 is 2.31 bits per heavy atom. The van der Waals surface area contributed by atoms with Gasteiger partial charge in [-0.05, 0) is 26.7 Å². The van der Waals surface area contributed by atoms with Crippen LogP contribution in [0.1, 0.15) is 46.0 Å². The number of nitrogens with zero attached hydrogens (tertiary/aromatic N) is 3. The first-order valence-corrected chi connectivity index (χ1v) is 9.78. The van der Waals surface area contributed by atoms with Crippen molar-refractivity contribution < 1.29 is 14.4 Å². The van der Waals surface area contributed by atoms with Crippen LogP contribution in [0, 0.1) is 0 Å². The Morgan fingerprint density at radius 2 is 1.69 bits per heavy atom. The molecule has 1 saturated carbocycles. The number of amides is 4. The summed E-state index contributed by atoms with van der Waals surface area (Å²) in [5.41, 5.74) is -0.647. The molecule has 3 fully saturated rings. The van der Waals surface area contributed by atoms with Crippen LogP contribution < -0.4 is 10.6 Å². The van der Waals surface area contributed by atoms with E-state index < -0.39 is 5.54 Å². The number of carbonyl (C=O) groups is 3. The number of hydrogen-bond acceptors (Lipinski definition) is 5. The molecule has 4 amide bonds. The van der Waals surface area contributed by atoms with Gasteiger partial charge in [-0.2, -0.15) is 0 Å². The maximum absolute atomic E-state index is 12.8. The van der Waals surface area contributed by atoms with Crippen LogP contribution in [0.15, 0.2) is 0 Å². The summed E-state index contributed by atoms with van der Waals surface area (Å²) >= 11 is 0. The van der Waals surface area contributed by atoms with E-state index in [1.165, 1.54) is 4.90 Å². The molecule has 2 heterocycles. The average Bonchev–Trinajstić information content (AvgIpc) is 2.80. The third-order valence-electron chi connectivity index (χ3n) is 5.58. The first-order chi connectivity index (χ1) is 12.4. The van der Waals surface area contributed by atoms with Crippen molar-refractivity contribution in [2.75, 3.05) is 39.4 Å². The molecule has 2 aliphatic heterocycles. The number of piperazine rings is 1. The summed E-state index contributed by atoms with van der Waals surface area (Å²) < 4.78 is 0. The Labute approximate surface area is 155 Å². The number of hydrogen-bond donors (Lipinski definition) is 2. The van der Waals surface area contributed by atoms with Gasteiger partial charge >= 0.3 is 6.03 Å². The summed E-state index contributed by atoms with van der Waals surface area (Å²) in [4.78, 5) is 42.7. The summed E-state index contributed by atoms with van der Waals surface area (Å²) in [6, 6.07) is -0.105. The van der Waals surface area contributed by atoms with Gasteiger partial charge in [-0.3, -0.25) is 19.4 Å². The molecule has 0 radical (unpaired) electrons. The average molecular weight is 365 g/mol. The van der Waals surface area contributed by atoms with Crippen molar-refractivity contribution in [3.63, 3.8) is 0 Å². The number of carbonyl (C=O) groups excluding carboxylic acids is 3. The third kappa shape index (κ3) is 4.17. The molecule has 0 aromatic carbocycles. The van der Waals surface area contributed by atoms with E-state index in [4.69, 9.17) is 0 Å². The van der Waals surface area contributed by atoms with Crippen molar-refractivity contribution in [3.8, 4) is 0 Å². The highest BCUT2D eigenvalue weighted by Crippen LogP contribution is 2.33. The number of nitrogens with one attached hydrogen (secondary N) is 2. The Hall–Kier alpha value is -1.67. The van der Waals surface area contributed by atoms with Gasteiger partial charge in [0.15, 0.2) is 0 Å². The van der Waals surface area contributed by atoms with Crippen LogP contribution in [0.2, 0.25) is 0 Å². The molecule has 146 valence electrons. The molecule has 2 saturated heterocycles. The van der Waals surface area contributed by atoms with Crippen molar-refractivity contribution in [1.29, 1.82) is 0 Å². The molecule has 8 heteroatoms. The summed E-state index contributed by atoms with van der Waals surface area (Å²) in [6.45, 7) is 7.68. The first kappa shape index (κ1) is 19.1. The lowest BCUT2D eigenvalue weighted by atomic mass is 9.82. The fraction of sp³-hybridized carbons (Fsp3) is 0.833. The predicted molar refractivity (Wildman–Crippen MR) is 97.4 cm³/mol. The van der Waals surface area contributed by atoms with Crippen molar-refractivity contribution >= 4 is 17.8 Å². The molecule has 0 atom stereocenters. The van der Waals surface area contributed by atoms with Crippen molar-refractivity contribution in [2.24, 2.45) is 0 Å². The fourth-order valence-corrected chi connectivity index (χ4v) is 4.16. The molecule has 0 bridgehead atoms. The van der Waals surface area contributed by atoms with E-state index in [0.717, 1.165) is 58.3 Å². The standard InChI is InChI=1S/C18H31N5O3/c1-14(2)19-15(24)12-21-8-10-22(11-9-21)13-23-16(25)18(20-17(23)26)6-4-3-5-7-18/h14H,3-13H2,1-2H3,(H,19,24)(H,20,26). The quantitative estimate of drug-likeness (QED) is 0.687. The van der Waals surface area contributed by atoms with Crippen LogP contribution in [0.25, 0.3) is 0 Å². The van der Waals surface area contributed by atoms with Crippen LogP contribution in [0.4, 0.5) is 4.79 Å². The predicted octanol–water partition coefficient (Wildman–Crippen LogP) is 0.341. The van der Waals surface area contributed by atoms with Crippen LogP contribution in [-0.2, 0) is 9.59 Å². The van der Waals surface area contributed by atoms with Gasteiger partial charge in [0.2, 0.25) is 5.91 Å². The Kier molecular flexibility index (Phi) is 5.82. The minimum absolute atomic E-state index is 0.0433. The van der Waals surface area contributed by atoms with E-state index in [1.807, 2.05) is 13.8 Å². The maximum Gasteiger partial charge on any atom is 0.326 e. The Morgan fingerprint density at radius 1 is 1.08 bits per heavy atom. The second-order valence-corrected chi connectivity index (χ2v) is 8.06. The molecular weight excluding hydrogens is 334 g/mol. The summed E-state index contributed by atoms with van der Waals surface area (Å²) in [7, 11) is 0. The normalized spacial score (nSPS) is 24.3. The number of urea groups is 1. The summed E-state index contributed by atoms with van der Waals surface area (Å²) in [5, 5.41) is 5.86. The van der Waals surface area contributed by atoms with Crippen LogP contribution >= 0.6 is 0 Å². The highest BCUT2D eigenvalue weighted by Gasteiger charge is 2.51. The van der Waals surface area contributed by atoms with E-state index in [9.17, 15) is 14.4 Å². The van der Waals surface area contributed by atoms with E-state index >= 15 is 0 Å². The first-order valence-electron chi connectivity index (χ1n) is 9.78. The Bertz CT molecular complexity index is 551. The number of rotatable bonds is 5. The van der Waals surface area contributed by atoms with Gasteiger partial charge in [0.05, 0.1) is 13.2 Å². The highest BCUT2D eigenvalue weighted by atomic mass is 16.2. The lowest BCUT2D eigenvalue weighted by Gasteiger charge is -2.36. The van der Waals surface area contributed by atoms with E-state index in [-0.39, 0.29) is 23.9 Å². The molecule has 1 spiro atoms. The van der Waals surface area contributed by atoms with Crippen LogP contribution in [-0.4, -0.2) is 83.5 Å². The lowest BCUT2D eigenvalue weighted by Crippen LogP contribution is -2.53. The molecule has 0 unspecified atom stereocenters. The third-order valence-corrected chi connectivity index (χ3v) is 5.58. The molecule has 26 heavy (non-hydrogen) atoms. The van der Waals surface area contributed by atoms with E-state index in [2.05, 4.69) is 20.4 Å². The number of imide groups is 1. The highest BCUT2D eigenvalue weighted by molar-refractivity contribution is 6.07. The second kappa shape index (κ2) is 7.92. The van der Waals surface area contributed by atoms with Gasteiger partial charge in [-0.1, -0.05) is 19.3 Å². The molecule has 3 rings (SSSR count). The molecule has 8 nitrogen and oxygen atoms in total. The van der Waals surface area contributed by atoms with Gasteiger partial charge in [0.1, 0.15) is 5.54 Å². The van der Waals surface area contributed by atoms with Gasteiger partial charge < -0.3 is 10.6 Å². The maximum atomic E-state index is 12.8. The van der Waals surface area contributed by atoms with Crippen molar-refractivity contribution in [1.82, 2.24) is 25.3 Å². The van der Waals surface area contributed by atoms with E-state index in [0.29, 0.717) is 13.2 Å². The van der Waals surface area contributed by atoms with Gasteiger partial charge in [0, 0.05) is 32.2 Å². The van der Waals surface area contributed by atoms with Gasteiger partial charge in [-0.25, -0.2) is 9.69 Å². The smallest absolute Gasteiger partial charge is 0.326 e. The minimum atomic E-state index is -0.647. The van der Waals surface area contributed by atoms with Crippen LogP contribution in [0.3, 0.4) is 0 Å². The monoisotopic (exact) mass is 365 g/mol. The second-order valence-electron chi connectivity index (χ2n) is 8.06. The zero-order valence-electron chi connectivity index (χ0n) is 15.9. The summed E-state index contributed by atoms with van der Waals surface area (Å²) in [5.74, 6) is -0.0114. The largest absolute Gasteiger partial charge is 0.353 e. The van der Waals surface area contributed by atoms with Crippen molar-refractivity contribution in [3.05, 3.63) is 0 Å². The molecule has 0 aromatic heterocycles. The van der Waals surface area contributed by atoms with E-state index in [1.54, 1.807) is 0 Å². The molecule has 0 aromatic rings. The molecule has 3 aliphatic rings. The summed E-state index contributed by atoms with van der Waals surface area (Å²) in [6.07, 6.45) is 4.64. The lowest BCUT2D eigenvalue weighted by molar-refractivity contribution is -0.134. The van der Waals surface area contributed by atoms with Crippen molar-refractivity contribution in [2.45, 2.75) is 57.5 Å². The SMILES string of the molecule is CC(C)NC(=O)CN1CCN(CN2C(=O)NC3(CCCCC3)C2=O)CC1. The topological polar surface area (TPSA) is 85.0 Å². The molecular formula is C18H31N5O3. The Balaban J connectivity index is 1.48. The fourth-order valence-electron chi connectivity index (χ4n) is 4.16. The zero-order chi connectivity index (χ0) is 18.7. The van der Waals surface area contributed by atoms with Crippen LogP contribution in [0.5, 0.6) is 0 Å².